The summed E-state index contributed by atoms with van der Waals surface area (Å²) in [5, 5.41) is 36.6. The zero-order valence-electron chi connectivity index (χ0n) is 7.13. The van der Waals surface area contributed by atoms with Gasteiger partial charge in [0.15, 0.2) is 0 Å². The summed E-state index contributed by atoms with van der Waals surface area (Å²) in [4.78, 5) is 0. The van der Waals surface area contributed by atoms with E-state index in [4.69, 9.17) is 22.8 Å². The zero-order chi connectivity index (χ0) is 10.1. The van der Waals surface area contributed by atoms with Crippen LogP contribution in [0, 0.1) is 0 Å². The summed E-state index contributed by atoms with van der Waals surface area (Å²) in [5.41, 5.74) is -1.66. The number of rotatable bonds is 3. The molecule has 4 unspecified atom stereocenters. The van der Waals surface area contributed by atoms with Crippen LogP contribution in [-0.4, -0.2) is 65.3 Å². The van der Waals surface area contributed by atoms with E-state index in [2.05, 4.69) is 0 Å². The Balaban J connectivity index is 2.73. The number of aliphatic hydroxyl groups is 4. The van der Waals surface area contributed by atoms with Gasteiger partial charge in [0.05, 0.1) is 6.61 Å². The lowest BCUT2D eigenvalue weighted by Crippen LogP contribution is -2.49. The Morgan fingerprint density at radius 3 is 2.38 bits per heavy atom. The normalized spacial score (nSPS) is 45.4. The Morgan fingerprint density at radius 2 is 2.00 bits per heavy atom. The molecule has 1 heterocycles. The minimum Gasteiger partial charge on any atom is -0.396 e. The first-order valence-electron chi connectivity index (χ1n) is 4.09. The highest BCUT2D eigenvalue weighted by molar-refractivity contribution is 6.12. The standard InChI is InChI=1S/C7H13BO5/c8-6-7(12,1-2-9)5(11)4(3-10)13-6/h4-6,9-12H,1-3H2. The topological polar surface area (TPSA) is 90.2 Å². The molecule has 4 N–H and O–H groups in total. The first kappa shape index (κ1) is 10.9. The van der Waals surface area contributed by atoms with E-state index in [1.807, 2.05) is 0 Å². The first-order chi connectivity index (χ1) is 6.06. The van der Waals surface area contributed by atoms with E-state index in [0.29, 0.717) is 0 Å². The molecular weight excluding hydrogens is 175 g/mol. The third kappa shape index (κ3) is 1.73. The van der Waals surface area contributed by atoms with Crippen LogP contribution in [0.2, 0.25) is 0 Å². The fourth-order valence-corrected chi connectivity index (χ4v) is 1.48. The fraction of sp³-hybridized carbons (Fsp3) is 1.00. The number of hydrogen-bond donors (Lipinski definition) is 4. The molecule has 1 rings (SSSR count). The van der Waals surface area contributed by atoms with E-state index in [1.165, 1.54) is 0 Å². The molecule has 6 heteroatoms. The van der Waals surface area contributed by atoms with Gasteiger partial charge in [0.25, 0.3) is 0 Å². The minimum atomic E-state index is -1.66. The van der Waals surface area contributed by atoms with Gasteiger partial charge in [-0.1, -0.05) is 0 Å². The predicted molar refractivity (Wildman–Crippen MR) is 44.2 cm³/mol. The van der Waals surface area contributed by atoms with Gasteiger partial charge in [-0.25, -0.2) is 0 Å². The van der Waals surface area contributed by atoms with E-state index in [1.54, 1.807) is 0 Å². The maximum atomic E-state index is 9.76. The average molecular weight is 188 g/mol. The third-order valence-electron chi connectivity index (χ3n) is 2.37. The maximum absolute atomic E-state index is 9.76. The SMILES string of the molecule is [B]C1OC(CO)C(O)C1(O)CCO. The molecule has 1 aliphatic heterocycles. The average Bonchev–Trinajstić information content (AvgIpc) is 2.31. The van der Waals surface area contributed by atoms with Crippen molar-refractivity contribution in [3.05, 3.63) is 0 Å². The highest BCUT2D eigenvalue weighted by Gasteiger charge is 2.51. The molecule has 13 heavy (non-hydrogen) atoms. The smallest absolute Gasteiger partial charge is 0.113 e. The van der Waals surface area contributed by atoms with Gasteiger partial charge in [-0.15, -0.1) is 0 Å². The van der Waals surface area contributed by atoms with Gasteiger partial charge in [-0.05, 0) is 0 Å². The predicted octanol–water partition coefficient (Wildman–Crippen LogP) is -2.65. The maximum Gasteiger partial charge on any atom is 0.113 e. The van der Waals surface area contributed by atoms with Crippen LogP contribution in [0.4, 0.5) is 0 Å². The molecule has 4 atom stereocenters. The van der Waals surface area contributed by atoms with Crippen LogP contribution < -0.4 is 0 Å². The molecule has 2 radical (unpaired) electrons. The molecule has 1 saturated heterocycles. The van der Waals surface area contributed by atoms with Crippen molar-refractivity contribution in [2.24, 2.45) is 0 Å². The van der Waals surface area contributed by atoms with E-state index in [-0.39, 0.29) is 13.0 Å². The van der Waals surface area contributed by atoms with Gasteiger partial charge in [-0.3, -0.25) is 0 Å². The molecule has 0 bridgehead atoms. The van der Waals surface area contributed by atoms with Crippen molar-refractivity contribution < 1.29 is 25.2 Å². The fourth-order valence-electron chi connectivity index (χ4n) is 1.48. The van der Waals surface area contributed by atoms with Crippen molar-refractivity contribution in [1.82, 2.24) is 0 Å². The first-order valence-corrected chi connectivity index (χ1v) is 4.09. The largest absolute Gasteiger partial charge is 0.396 e. The molecule has 1 fully saturated rings. The van der Waals surface area contributed by atoms with Crippen molar-refractivity contribution in [3.8, 4) is 0 Å². The van der Waals surface area contributed by atoms with Crippen LogP contribution in [0.3, 0.4) is 0 Å². The van der Waals surface area contributed by atoms with Gasteiger partial charge >= 0.3 is 0 Å². The zero-order valence-corrected chi connectivity index (χ0v) is 7.13. The van der Waals surface area contributed by atoms with Gasteiger partial charge < -0.3 is 25.2 Å². The molecule has 0 aromatic rings. The van der Waals surface area contributed by atoms with Crippen LogP contribution in [0.25, 0.3) is 0 Å². The second-order valence-electron chi connectivity index (χ2n) is 3.19. The summed E-state index contributed by atoms with van der Waals surface area (Å²) in [6.45, 7) is -0.717. The van der Waals surface area contributed by atoms with Crippen molar-refractivity contribution in [2.45, 2.75) is 30.2 Å². The van der Waals surface area contributed by atoms with Gasteiger partial charge in [-0.2, -0.15) is 0 Å². The Hall–Kier alpha value is -0.135. The number of hydrogen-bond acceptors (Lipinski definition) is 5. The van der Waals surface area contributed by atoms with Crippen LogP contribution in [0.1, 0.15) is 6.42 Å². The van der Waals surface area contributed by atoms with Crippen LogP contribution in [-0.2, 0) is 4.74 Å². The Labute approximate surface area is 77.4 Å². The summed E-state index contributed by atoms with van der Waals surface area (Å²) in [6, 6.07) is -1.08. The third-order valence-corrected chi connectivity index (χ3v) is 2.37. The van der Waals surface area contributed by atoms with Crippen LogP contribution in [0.15, 0.2) is 0 Å². The van der Waals surface area contributed by atoms with E-state index < -0.39 is 30.4 Å². The van der Waals surface area contributed by atoms with Gasteiger partial charge in [0.1, 0.15) is 25.7 Å². The summed E-state index contributed by atoms with van der Waals surface area (Å²) < 4.78 is 4.91. The lowest BCUT2D eigenvalue weighted by molar-refractivity contribution is -0.0726. The Morgan fingerprint density at radius 1 is 1.38 bits per heavy atom. The highest BCUT2D eigenvalue weighted by Crippen LogP contribution is 2.31. The van der Waals surface area contributed by atoms with Crippen molar-refractivity contribution in [1.29, 1.82) is 0 Å². The van der Waals surface area contributed by atoms with Gasteiger partial charge in [0.2, 0.25) is 0 Å². The quantitative estimate of drug-likeness (QED) is 0.363. The lowest BCUT2D eigenvalue weighted by atomic mass is 9.78. The van der Waals surface area contributed by atoms with Crippen molar-refractivity contribution in [2.75, 3.05) is 13.2 Å². The van der Waals surface area contributed by atoms with Crippen LogP contribution in [0.5, 0.6) is 0 Å². The second kappa shape index (κ2) is 3.94. The van der Waals surface area contributed by atoms with E-state index in [9.17, 15) is 10.2 Å². The molecule has 0 amide bonds. The highest BCUT2D eigenvalue weighted by atomic mass is 16.6. The Bertz CT molecular complexity index is 178. The molecule has 0 aromatic heterocycles. The minimum absolute atomic E-state index is 0.0775. The molecule has 0 aliphatic carbocycles. The lowest BCUT2D eigenvalue weighted by Gasteiger charge is -2.28. The summed E-state index contributed by atoms with van der Waals surface area (Å²) in [5.74, 6) is 0. The molecule has 0 spiro atoms. The summed E-state index contributed by atoms with van der Waals surface area (Å²) in [7, 11) is 5.40. The number of ether oxygens (including phenoxy) is 1. The second-order valence-corrected chi connectivity index (χ2v) is 3.19. The molecule has 74 valence electrons. The molecule has 0 aromatic carbocycles. The molecular formula is C7H13BO5. The van der Waals surface area contributed by atoms with Crippen LogP contribution >= 0.6 is 0 Å². The van der Waals surface area contributed by atoms with E-state index >= 15 is 0 Å². The summed E-state index contributed by atoms with van der Waals surface area (Å²) in [6.07, 6.45) is -2.22. The van der Waals surface area contributed by atoms with Crippen molar-refractivity contribution in [3.63, 3.8) is 0 Å². The molecule has 1 aliphatic rings. The monoisotopic (exact) mass is 188 g/mol. The Kier molecular flexibility index (Phi) is 3.31. The molecule has 0 saturated carbocycles. The summed E-state index contributed by atoms with van der Waals surface area (Å²) >= 11 is 0. The van der Waals surface area contributed by atoms with Gasteiger partial charge in [0, 0.05) is 19.0 Å². The van der Waals surface area contributed by atoms with E-state index in [0.717, 1.165) is 0 Å². The molecule has 5 nitrogen and oxygen atoms in total. The number of aliphatic hydroxyl groups excluding tert-OH is 3. The van der Waals surface area contributed by atoms with Crippen molar-refractivity contribution >= 4 is 7.85 Å².